The molecule has 10 nitrogen and oxygen atoms in total. The zero-order chi connectivity index (χ0) is 21.0. The van der Waals surface area contributed by atoms with Gasteiger partial charge in [0, 0.05) is 31.5 Å². The molecule has 4 N–H and O–H groups in total. The number of rotatable bonds is 5. The summed E-state index contributed by atoms with van der Waals surface area (Å²) in [5, 5.41) is 18.9. The van der Waals surface area contributed by atoms with Gasteiger partial charge in [0.2, 0.25) is 5.91 Å². The summed E-state index contributed by atoms with van der Waals surface area (Å²) in [4.78, 5) is 33.6. The molecule has 2 heterocycles. The number of carbonyl (C=O) groups excluding carboxylic acids is 2. The molecular formula is C19H18N8O2. The number of aromatic nitrogens is 3. The predicted octanol–water partition coefficient (Wildman–Crippen LogP) is 1.14. The highest BCUT2D eigenvalue weighted by Crippen LogP contribution is 2.14. The van der Waals surface area contributed by atoms with E-state index < -0.39 is 5.91 Å². The van der Waals surface area contributed by atoms with E-state index in [0.29, 0.717) is 17.8 Å². The van der Waals surface area contributed by atoms with E-state index in [9.17, 15) is 9.59 Å². The lowest BCUT2D eigenvalue weighted by molar-refractivity contribution is -0.126. The third-order valence-corrected chi connectivity index (χ3v) is 4.24. The summed E-state index contributed by atoms with van der Waals surface area (Å²) in [5.74, 6) is -0.981. The number of aryl methyl sites for hydroxylation is 1. The molecule has 0 radical (unpaired) electrons. The Bertz CT molecular complexity index is 1140. The summed E-state index contributed by atoms with van der Waals surface area (Å²) < 4.78 is 1.56. The molecule has 0 saturated heterocycles. The van der Waals surface area contributed by atoms with Gasteiger partial charge in [-0.1, -0.05) is 12.1 Å². The molecule has 0 aliphatic carbocycles. The van der Waals surface area contributed by atoms with E-state index in [1.807, 2.05) is 12.1 Å². The molecule has 3 rings (SSSR count). The molecule has 0 aliphatic rings. The van der Waals surface area contributed by atoms with Crippen LogP contribution in [0.25, 0.3) is 5.65 Å². The van der Waals surface area contributed by atoms with Crippen LogP contribution < -0.4 is 11.1 Å². The highest BCUT2D eigenvalue weighted by molar-refractivity contribution is 6.02. The summed E-state index contributed by atoms with van der Waals surface area (Å²) in [6, 6.07) is 9.05. The number of nitrogens with two attached hydrogens (primary N) is 1. The van der Waals surface area contributed by atoms with Gasteiger partial charge in [-0.2, -0.15) is 5.26 Å². The second-order valence-corrected chi connectivity index (χ2v) is 6.27. The fourth-order valence-corrected chi connectivity index (χ4v) is 2.62. The maximum Gasteiger partial charge on any atom is 0.275 e. The van der Waals surface area contributed by atoms with Gasteiger partial charge >= 0.3 is 0 Å². The second kappa shape index (κ2) is 8.18. The summed E-state index contributed by atoms with van der Waals surface area (Å²) in [7, 11) is 1.45. The highest BCUT2D eigenvalue weighted by Gasteiger charge is 2.13. The quantitative estimate of drug-likeness (QED) is 0.438. The number of amides is 2. The number of imidazole rings is 1. The van der Waals surface area contributed by atoms with Gasteiger partial charge in [-0.15, -0.1) is 0 Å². The van der Waals surface area contributed by atoms with Gasteiger partial charge in [0.25, 0.3) is 5.91 Å². The van der Waals surface area contributed by atoms with E-state index in [-0.39, 0.29) is 29.7 Å². The summed E-state index contributed by atoms with van der Waals surface area (Å²) in [6.07, 6.45) is 5.06. The topological polar surface area (TPSA) is 153 Å². The normalized spacial score (nSPS) is 10.3. The van der Waals surface area contributed by atoms with Crippen molar-refractivity contribution in [2.45, 2.75) is 12.8 Å². The third kappa shape index (κ3) is 4.54. The first-order chi connectivity index (χ1) is 13.9. The van der Waals surface area contributed by atoms with Gasteiger partial charge < -0.3 is 15.5 Å². The van der Waals surface area contributed by atoms with Crippen molar-refractivity contribution in [1.82, 2.24) is 19.3 Å². The zero-order valence-electron chi connectivity index (χ0n) is 15.6. The van der Waals surface area contributed by atoms with Gasteiger partial charge in [0.15, 0.2) is 17.3 Å². The summed E-state index contributed by atoms with van der Waals surface area (Å²) in [6.45, 7) is 0. The van der Waals surface area contributed by atoms with Crippen molar-refractivity contribution in [2.75, 3.05) is 12.4 Å². The molecule has 0 unspecified atom stereocenters. The molecule has 2 aromatic heterocycles. The highest BCUT2D eigenvalue weighted by atomic mass is 16.2. The van der Waals surface area contributed by atoms with Crippen LogP contribution in [0.15, 0.2) is 42.9 Å². The third-order valence-electron chi connectivity index (χ3n) is 4.24. The Balaban J connectivity index is 1.68. The maximum atomic E-state index is 12.5. The lowest BCUT2D eigenvalue weighted by Gasteiger charge is -2.14. The average molecular weight is 390 g/mol. The van der Waals surface area contributed by atoms with E-state index in [4.69, 9.17) is 16.4 Å². The van der Waals surface area contributed by atoms with Crippen LogP contribution in [0, 0.1) is 16.7 Å². The number of carbonyl (C=O) groups is 2. The minimum Gasteiger partial charge on any atom is -0.370 e. The molecule has 0 saturated carbocycles. The number of hydrogen-bond donors (Lipinski definition) is 3. The van der Waals surface area contributed by atoms with Crippen molar-refractivity contribution in [2.24, 2.45) is 5.73 Å². The van der Waals surface area contributed by atoms with Crippen molar-refractivity contribution < 1.29 is 9.59 Å². The van der Waals surface area contributed by atoms with Gasteiger partial charge in [-0.05, 0) is 24.1 Å². The SMILES string of the molecule is CN(C(=N)N)C(=O)CCc1cccc(NC(=O)c2cn3cc(C#N)nc3cn2)c1. The van der Waals surface area contributed by atoms with Crippen LogP contribution >= 0.6 is 0 Å². The Labute approximate surface area is 166 Å². The average Bonchev–Trinajstić information content (AvgIpc) is 3.14. The fraction of sp³-hybridized carbons (Fsp3) is 0.158. The molecule has 0 spiro atoms. The van der Waals surface area contributed by atoms with Crippen LogP contribution in [-0.2, 0) is 11.2 Å². The Morgan fingerprint density at radius 2 is 2.17 bits per heavy atom. The van der Waals surface area contributed by atoms with E-state index in [0.717, 1.165) is 10.5 Å². The van der Waals surface area contributed by atoms with Crippen molar-refractivity contribution in [3.05, 3.63) is 59.8 Å². The minimum absolute atomic E-state index is 0.169. The number of nitrogens with zero attached hydrogens (tertiary/aromatic N) is 5. The second-order valence-electron chi connectivity index (χ2n) is 6.27. The molecule has 0 aliphatic heterocycles. The number of benzene rings is 1. The molecule has 29 heavy (non-hydrogen) atoms. The Morgan fingerprint density at radius 3 is 2.90 bits per heavy atom. The van der Waals surface area contributed by atoms with Crippen LogP contribution in [0.2, 0.25) is 0 Å². The molecule has 10 heteroatoms. The monoisotopic (exact) mass is 390 g/mol. The first-order valence-corrected chi connectivity index (χ1v) is 8.63. The Kier molecular flexibility index (Phi) is 5.50. The van der Waals surface area contributed by atoms with E-state index in [2.05, 4.69) is 15.3 Å². The van der Waals surface area contributed by atoms with Crippen LogP contribution in [-0.4, -0.2) is 44.1 Å². The van der Waals surface area contributed by atoms with E-state index in [1.54, 1.807) is 22.6 Å². The fourth-order valence-electron chi connectivity index (χ4n) is 2.62. The van der Waals surface area contributed by atoms with Crippen molar-refractivity contribution in [3.8, 4) is 6.07 Å². The largest absolute Gasteiger partial charge is 0.370 e. The van der Waals surface area contributed by atoms with Crippen LogP contribution in [0.4, 0.5) is 5.69 Å². The molecule has 2 amide bonds. The first-order valence-electron chi connectivity index (χ1n) is 8.63. The minimum atomic E-state index is -0.413. The standard InChI is InChI=1S/C19H18N8O2/c1-26(19(21)22)17(28)6-5-12-3-2-4-13(7-12)25-18(29)15-11-27-10-14(8-20)24-16(27)9-23-15/h2-4,7,9-11H,5-6H2,1H3,(H3,21,22)(H,25,29). The molecular weight excluding hydrogens is 372 g/mol. The van der Waals surface area contributed by atoms with Gasteiger partial charge in [0.1, 0.15) is 11.8 Å². The summed E-state index contributed by atoms with van der Waals surface area (Å²) >= 11 is 0. The predicted molar refractivity (Wildman–Crippen MR) is 105 cm³/mol. The number of hydrogen-bond acceptors (Lipinski definition) is 6. The van der Waals surface area contributed by atoms with Crippen LogP contribution in [0.5, 0.6) is 0 Å². The number of fused-ring (bicyclic) bond motifs is 1. The van der Waals surface area contributed by atoms with Crippen molar-refractivity contribution in [3.63, 3.8) is 0 Å². The lowest BCUT2D eigenvalue weighted by Crippen LogP contribution is -2.38. The van der Waals surface area contributed by atoms with Crippen molar-refractivity contribution in [1.29, 1.82) is 10.7 Å². The molecule has 1 aromatic carbocycles. The number of anilines is 1. The van der Waals surface area contributed by atoms with Gasteiger partial charge in [-0.25, -0.2) is 9.97 Å². The molecule has 0 atom stereocenters. The summed E-state index contributed by atoms with van der Waals surface area (Å²) in [5.41, 5.74) is 7.59. The Hall–Kier alpha value is -4.26. The van der Waals surface area contributed by atoms with Gasteiger partial charge in [-0.3, -0.25) is 19.9 Å². The number of guanidine groups is 1. The number of nitriles is 1. The Morgan fingerprint density at radius 1 is 1.38 bits per heavy atom. The van der Waals surface area contributed by atoms with Crippen LogP contribution in [0.3, 0.4) is 0 Å². The molecule has 146 valence electrons. The molecule has 3 aromatic rings. The smallest absolute Gasteiger partial charge is 0.275 e. The van der Waals surface area contributed by atoms with Crippen molar-refractivity contribution >= 4 is 29.1 Å². The molecule has 0 fully saturated rings. The maximum absolute atomic E-state index is 12.5. The zero-order valence-corrected chi connectivity index (χ0v) is 15.6. The lowest BCUT2D eigenvalue weighted by atomic mass is 10.1. The molecule has 0 bridgehead atoms. The van der Waals surface area contributed by atoms with Gasteiger partial charge in [0.05, 0.1) is 6.20 Å². The van der Waals surface area contributed by atoms with Crippen LogP contribution in [0.1, 0.15) is 28.2 Å². The number of nitrogens with one attached hydrogen (secondary N) is 2. The van der Waals surface area contributed by atoms with E-state index >= 15 is 0 Å². The van der Waals surface area contributed by atoms with E-state index in [1.165, 1.54) is 25.6 Å². The first kappa shape index (κ1) is 19.5.